The Labute approximate surface area is 98.8 Å². The van der Waals surface area contributed by atoms with E-state index in [0.717, 1.165) is 5.39 Å². The van der Waals surface area contributed by atoms with Crippen molar-refractivity contribution in [3.05, 3.63) is 24.4 Å². The van der Waals surface area contributed by atoms with E-state index in [9.17, 15) is 9.90 Å². The zero-order chi connectivity index (χ0) is 12.4. The van der Waals surface area contributed by atoms with Crippen molar-refractivity contribution in [3.8, 4) is 5.88 Å². The van der Waals surface area contributed by atoms with Crippen molar-refractivity contribution in [2.75, 3.05) is 12.3 Å². The van der Waals surface area contributed by atoms with Gasteiger partial charge in [0.15, 0.2) is 0 Å². The Morgan fingerprint density at radius 2 is 2.29 bits per heavy atom. The van der Waals surface area contributed by atoms with Crippen molar-refractivity contribution in [1.29, 1.82) is 0 Å². The van der Waals surface area contributed by atoms with E-state index in [1.807, 2.05) is 18.3 Å². The van der Waals surface area contributed by atoms with E-state index >= 15 is 0 Å². The highest BCUT2D eigenvalue weighted by molar-refractivity contribution is 5.97. The summed E-state index contributed by atoms with van der Waals surface area (Å²) >= 11 is 0. The molecule has 5 nitrogen and oxygen atoms in total. The second-order valence-corrected chi connectivity index (χ2v) is 3.94. The average Bonchev–Trinajstić information content (AvgIpc) is 2.57. The molecule has 0 radical (unpaired) electrons. The fourth-order valence-electron chi connectivity index (χ4n) is 1.85. The lowest BCUT2D eigenvalue weighted by molar-refractivity contribution is -0.118. The van der Waals surface area contributed by atoms with Crippen molar-refractivity contribution in [1.82, 2.24) is 9.88 Å². The molecular weight excluding hydrogens is 218 g/mol. The van der Waals surface area contributed by atoms with Gasteiger partial charge in [0.25, 0.3) is 0 Å². The van der Waals surface area contributed by atoms with Crippen LogP contribution in [0.4, 0.5) is 5.69 Å². The maximum atomic E-state index is 10.7. The molecule has 0 aliphatic rings. The zero-order valence-corrected chi connectivity index (χ0v) is 9.60. The fraction of sp³-hybridized carbons (Fsp3) is 0.250. The highest BCUT2D eigenvalue weighted by Gasteiger charge is 2.10. The highest BCUT2D eigenvalue weighted by Crippen LogP contribution is 2.31. The second kappa shape index (κ2) is 4.37. The smallest absolute Gasteiger partial charge is 0.216 e. The molecule has 0 aliphatic heterocycles. The lowest BCUT2D eigenvalue weighted by atomic mass is 10.2. The monoisotopic (exact) mass is 233 g/mol. The van der Waals surface area contributed by atoms with Crippen molar-refractivity contribution < 1.29 is 9.90 Å². The molecular formula is C12H15N3O2. The van der Waals surface area contributed by atoms with E-state index in [4.69, 9.17) is 5.73 Å². The van der Waals surface area contributed by atoms with Crippen molar-refractivity contribution >= 4 is 22.4 Å². The Kier molecular flexibility index (Phi) is 2.91. The van der Waals surface area contributed by atoms with Gasteiger partial charge in [-0.1, -0.05) is 12.1 Å². The molecule has 5 heteroatoms. The molecule has 0 aliphatic carbocycles. The molecule has 4 N–H and O–H groups in total. The molecule has 1 aromatic carbocycles. The lowest BCUT2D eigenvalue weighted by Gasteiger charge is -2.05. The topological polar surface area (TPSA) is 80.3 Å². The molecule has 0 unspecified atom stereocenters. The molecule has 90 valence electrons. The minimum atomic E-state index is -0.0827. The number of amides is 1. The minimum absolute atomic E-state index is 0.0827. The number of hydrogen-bond acceptors (Lipinski definition) is 3. The third-order valence-electron chi connectivity index (χ3n) is 2.65. The molecule has 2 aromatic rings. The first-order chi connectivity index (χ1) is 8.09. The number of hydrogen-bond donors (Lipinski definition) is 3. The molecule has 1 aromatic heterocycles. The molecule has 0 saturated heterocycles. The molecule has 0 fully saturated rings. The number of aromatic nitrogens is 1. The number of anilines is 1. The Bertz CT molecular complexity index is 560. The van der Waals surface area contributed by atoms with Gasteiger partial charge in [0.1, 0.15) is 0 Å². The number of nitrogen functional groups attached to an aromatic ring is 1. The van der Waals surface area contributed by atoms with Gasteiger partial charge in [0, 0.05) is 37.3 Å². The summed E-state index contributed by atoms with van der Waals surface area (Å²) in [5, 5.41) is 14.2. The van der Waals surface area contributed by atoms with Gasteiger partial charge in [-0.05, 0) is 6.07 Å². The van der Waals surface area contributed by atoms with E-state index in [1.165, 1.54) is 6.92 Å². The van der Waals surface area contributed by atoms with Crippen LogP contribution in [-0.4, -0.2) is 22.1 Å². The van der Waals surface area contributed by atoms with E-state index < -0.39 is 0 Å². The maximum absolute atomic E-state index is 10.7. The summed E-state index contributed by atoms with van der Waals surface area (Å²) in [6.07, 6.45) is 1.82. The van der Waals surface area contributed by atoms with Crippen LogP contribution in [0, 0.1) is 0 Å². The number of nitrogens with zero attached hydrogens (tertiary/aromatic N) is 1. The van der Waals surface area contributed by atoms with Crippen LogP contribution in [0.3, 0.4) is 0 Å². The number of carbonyl (C=O) groups excluding carboxylic acids is 1. The Balaban J connectivity index is 2.27. The van der Waals surface area contributed by atoms with E-state index in [0.29, 0.717) is 24.2 Å². The van der Waals surface area contributed by atoms with Gasteiger partial charge in [-0.2, -0.15) is 0 Å². The molecule has 17 heavy (non-hydrogen) atoms. The van der Waals surface area contributed by atoms with Crippen LogP contribution in [-0.2, 0) is 11.3 Å². The molecule has 2 rings (SSSR count). The van der Waals surface area contributed by atoms with Crippen LogP contribution in [0.1, 0.15) is 6.92 Å². The van der Waals surface area contributed by atoms with Crippen LogP contribution in [0.15, 0.2) is 24.4 Å². The van der Waals surface area contributed by atoms with Gasteiger partial charge in [-0.15, -0.1) is 0 Å². The molecule has 1 amide bonds. The van der Waals surface area contributed by atoms with Crippen molar-refractivity contribution in [2.45, 2.75) is 13.5 Å². The van der Waals surface area contributed by atoms with E-state index in [1.54, 1.807) is 10.6 Å². The first kappa shape index (κ1) is 11.3. The van der Waals surface area contributed by atoms with Gasteiger partial charge < -0.3 is 20.7 Å². The Morgan fingerprint density at radius 3 is 2.94 bits per heavy atom. The van der Waals surface area contributed by atoms with E-state index in [2.05, 4.69) is 5.32 Å². The Hall–Kier alpha value is -2.17. The molecule has 0 atom stereocenters. The number of carbonyl (C=O) groups is 1. The van der Waals surface area contributed by atoms with Crippen LogP contribution in [0.25, 0.3) is 10.8 Å². The molecule has 0 spiro atoms. The summed E-state index contributed by atoms with van der Waals surface area (Å²) in [5.74, 6) is 0.0594. The number of rotatable bonds is 3. The second-order valence-electron chi connectivity index (χ2n) is 3.94. The first-order valence-electron chi connectivity index (χ1n) is 5.40. The fourth-order valence-corrected chi connectivity index (χ4v) is 1.85. The summed E-state index contributed by atoms with van der Waals surface area (Å²) in [6.45, 7) is 2.45. The van der Waals surface area contributed by atoms with Crippen LogP contribution in [0.5, 0.6) is 5.88 Å². The maximum Gasteiger partial charge on any atom is 0.216 e. The van der Waals surface area contributed by atoms with Gasteiger partial charge in [0.2, 0.25) is 11.8 Å². The van der Waals surface area contributed by atoms with Crippen LogP contribution >= 0.6 is 0 Å². The SMILES string of the molecule is CC(=O)NCCn1cc2cccc(N)c2c1O. The van der Waals surface area contributed by atoms with Crippen LogP contribution < -0.4 is 11.1 Å². The van der Waals surface area contributed by atoms with Gasteiger partial charge in [-0.3, -0.25) is 4.79 Å². The predicted octanol–water partition coefficient (Wildman–Crippen LogP) is 1.07. The predicted molar refractivity (Wildman–Crippen MR) is 66.7 cm³/mol. The van der Waals surface area contributed by atoms with Gasteiger partial charge in [0.05, 0.1) is 5.39 Å². The molecule has 1 heterocycles. The summed E-state index contributed by atoms with van der Waals surface area (Å²) < 4.78 is 1.68. The zero-order valence-electron chi connectivity index (χ0n) is 9.60. The quantitative estimate of drug-likeness (QED) is 0.693. The van der Waals surface area contributed by atoms with Gasteiger partial charge in [-0.25, -0.2) is 0 Å². The lowest BCUT2D eigenvalue weighted by Crippen LogP contribution is -2.24. The third-order valence-corrected chi connectivity index (χ3v) is 2.65. The van der Waals surface area contributed by atoms with E-state index in [-0.39, 0.29) is 11.8 Å². The Morgan fingerprint density at radius 1 is 1.53 bits per heavy atom. The summed E-state index contributed by atoms with van der Waals surface area (Å²) in [7, 11) is 0. The van der Waals surface area contributed by atoms with Gasteiger partial charge >= 0.3 is 0 Å². The number of nitrogens with two attached hydrogens (primary N) is 1. The third kappa shape index (κ3) is 2.18. The normalized spacial score (nSPS) is 10.6. The van der Waals surface area contributed by atoms with Crippen molar-refractivity contribution in [3.63, 3.8) is 0 Å². The number of nitrogens with one attached hydrogen (secondary N) is 1. The highest BCUT2D eigenvalue weighted by atomic mass is 16.3. The minimum Gasteiger partial charge on any atom is -0.494 e. The van der Waals surface area contributed by atoms with Crippen LogP contribution in [0.2, 0.25) is 0 Å². The largest absolute Gasteiger partial charge is 0.494 e. The number of fused-ring (bicyclic) bond motifs is 1. The first-order valence-corrected chi connectivity index (χ1v) is 5.40. The molecule has 0 bridgehead atoms. The summed E-state index contributed by atoms with van der Waals surface area (Å²) in [4.78, 5) is 10.7. The molecule has 0 saturated carbocycles. The standard InChI is InChI=1S/C12H15N3O2/c1-8(16)14-5-6-15-7-9-3-2-4-10(13)11(9)12(15)17/h2-4,7,17H,5-6,13H2,1H3,(H,14,16). The number of aromatic hydroxyl groups is 1. The summed E-state index contributed by atoms with van der Waals surface area (Å²) in [5.41, 5.74) is 6.36. The van der Waals surface area contributed by atoms with Crippen molar-refractivity contribution in [2.24, 2.45) is 0 Å². The number of benzene rings is 1. The summed E-state index contributed by atoms with van der Waals surface area (Å²) in [6, 6.07) is 5.48. The average molecular weight is 233 g/mol.